The van der Waals surface area contributed by atoms with Gasteiger partial charge in [-0.1, -0.05) is 29.3 Å². The third-order valence-electron chi connectivity index (χ3n) is 3.28. The van der Waals surface area contributed by atoms with E-state index in [-0.39, 0.29) is 17.4 Å². The lowest BCUT2D eigenvalue weighted by Crippen LogP contribution is -2.32. The van der Waals surface area contributed by atoms with Gasteiger partial charge in [-0.25, -0.2) is 9.78 Å². The number of carbonyl (C=O) groups is 2. The molecule has 0 bridgehead atoms. The monoisotopic (exact) mass is 396 g/mol. The minimum Gasteiger partial charge on any atom is -0.482 e. The Kier molecular flexibility index (Phi) is 6.83. The van der Waals surface area contributed by atoms with E-state index >= 15 is 0 Å². The van der Waals surface area contributed by atoms with Gasteiger partial charge in [-0.3, -0.25) is 4.79 Å². The molecule has 0 unspecified atom stereocenters. The van der Waals surface area contributed by atoms with Crippen molar-refractivity contribution in [3.05, 3.63) is 51.6 Å². The summed E-state index contributed by atoms with van der Waals surface area (Å²) >= 11 is 11.7. The Hall–Kier alpha value is -2.31. The molecule has 1 N–H and O–H groups in total. The highest BCUT2D eigenvalue weighted by molar-refractivity contribution is 6.36. The number of hydrogen-bond acceptors (Lipinski definition) is 5. The van der Waals surface area contributed by atoms with E-state index in [4.69, 9.17) is 32.7 Å². The topological polar surface area (TPSA) is 77.5 Å². The predicted molar refractivity (Wildman–Crippen MR) is 99.9 cm³/mol. The van der Waals surface area contributed by atoms with Gasteiger partial charge in [0, 0.05) is 6.20 Å². The second-order valence-electron chi connectivity index (χ2n) is 5.72. The van der Waals surface area contributed by atoms with Crippen LogP contribution in [0, 0.1) is 13.8 Å². The zero-order valence-electron chi connectivity index (χ0n) is 14.5. The van der Waals surface area contributed by atoms with Crippen molar-refractivity contribution in [3.63, 3.8) is 0 Å². The van der Waals surface area contributed by atoms with Crippen LogP contribution in [0.5, 0.6) is 5.75 Å². The van der Waals surface area contributed by atoms with E-state index < -0.39 is 18.0 Å². The van der Waals surface area contributed by atoms with Crippen LogP contribution in [0.2, 0.25) is 10.0 Å². The van der Waals surface area contributed by atoms with Gasteiger partial charge >= 0.3 is 5.97 Å². The Labute approximate surface area is 161 Å². The van der Waals surface area contributed by atoms with E-state index in [2.05, 4.69) is 10.3 Å². The number of carbonyl (C=O) groups excluding carboxylic acids is 2. The van der Waals surface area contributed by atoms with E-state index in [9.17, 15) is 9.59 Å². The van der Waals surface area contributed by atoms with Gasteiger partial charge in [0.05, 0.1) is 10.0 Å². The lowest BCUT2D eigenvalue weighted by molar-refractivity contribution is -0.155. The van der Waals surface area contributed by atoms with Crippen LogP contribution in [0.25, 0.3) is 0 Å². The van der Waals surface area contributed by atoms with E-state index in [1.165, 1.54) is 19.2 Å². The molecule has 8 heteroatoms. The fraction of sp³-hybridized carbons (Fsp3) is 0.278. The number of esters is 1. The van der Waals surface area contributed by atoms with E-state index in [0.29, 0.717) is 10.8 Å². The first-order valence-electron chi connectivity index (χ1n) is 7.77. The van der Waals surface area contributed by atoms with Crippen molar-refractivity contribution in [1.82, 2.24) is 4.98 Å². The first-order valence-corrected chi connectivity index (χ1v) is 8.52. The Morgan fingerprint density at radius 1 is 1.15 bits per heavy atom. The van der Waals surface area contributed by atoms with Gasteiger partial charge in [-0.05, 0) is 50.1 Å². The van der Waals surface area contributed by atoms with Gasteiger partial charge in [0.25, 0.3) is 5.91 Å². The molecule has 1 atom stereocenters. The summed E-state index contributed by atoms with van der Waals surface area (Å²) in [5, 5.41) is 3.00. The van der Waals surface area contributed by atoms with Gasteiger partial charge in [-0.2, -0.15) is 0 Å². The average Bonchev–Trinajstić information content (AvgIpc) is 2.54. The minimum atomic E-state index is -1.04. The summed E-state index contributed by atoms with van der Waals surface area (Å²) in [6.45, 7) is 5.00. The van der Waals surface area contributed by atoms with Crippen molar-refractivity contribution in [1.29, 1.82) is 0 Å². The highest BCUT2D eigenvalue weighted by atomic mass is 35.5. The highest BCUT2D eigenvalue weighted by Gasteiger charge is 2.19. The van der Waals surface area contributed by atoms with Gasteiger partial charge in [0.1, 0.15) is 5.75 Å². The molecule has 0 aliphatic rings. The summed E-state index contributed by atoms with van der Waals surface area (Å²) in [7, 11) is 0. The zero-order valence-corrected chi connectivity index (χ0v) is 16.0. The number of amides is 1. The van der Waals surface area contributed by atoms with Crippen LogP contribution < -0.4 is 10.1 Å². The van der Waals surface area contributed by atoms with Crippen molar-refractivity contribution in [2.24, 2.45) is 0 Å². The molecule has 1 amide bonds. The molecule has 1 heterocycles. The third-order valence-corrected chi connectivity index (χ3v) is 3.77. The van der Waals surface area contributed by atoms with Crippen LogP contribution in [0.1, 0.15) is 18.1 Å². The normalized spacial score (nSPS) is 11.6. The fourth-order valence-corrected chi connectivity index (χ4v) is 2.60. The smallest absolute Gasteiger partial charge is 0.344 e. The molecular weight excluding hydrogens is 379 g/mol. The van der Waals surface area contributed by atoms with Crippen LogP contribution >= 0.6 is 23.2 Å². The molecule has 0 saturated carbocycles. The molecule has 138 valence electrons. The standard InChI is InChI=1S/C18H18Cl2N2O4/c1-10-4-11(2)6-14(5-10)25-9-16(23)26-12(3)18(24)22-17-15(20)7-13(19)8-21-17/h4-8,12H,9H2,1-3H3,(H,21,22,24)/t12-/m1/s1. The van der Waals surface area contributed by atoms with Gasteiger partial charge in [0.15, 0.2) is 18.5 Å². The number of nitrogens with one attached hydrogen (secondary N) is 1. The number of halogens is 2. The minimum absolute atomic E-state index is 0.135. The summed E-state index contributed by atoms with van der Waals surface area (Å²) in [6.07, 6.45) is 0.302. The number of pyridine rings is 1. The van der Waals surface area contributed by atoms with Crippen molar-refractivity contribution >= 4 is 40.9 Å². The Morgan fingerprint density at radius 2 is 1.81 bits per heavy atom. The van der Waals surface area contributed by atoms with Crippen LogP contribution in [-0.2, 0) is 14.3 Å². The molecule has 0 aliphatic carbocycles. The molecule has 2 aromatic rings. The fourth-order valence-electron chi connectivity index (χ4n) is 2.17. The summed E-state index contributed by atoms with van der Waals surface area (Å²) in [6, 6.07) is 7.06. The Balaban J connectivity index is 1.86. The zero-order chi connectivity index (χ0) is 19.3. The third kappa shape index (κ3) is 5.89. The average molecular weight is 397 g/mol. The van der Waals surface area contributed by atoms with Gasteiger partial charge in [-0.15, -0.1) is 0 Å². The number of nitrogens with zero attached hydrogens (tertiary/aromatic N) is 1. The van der Waals surface area contributed by atoms with Crippen LogP contribution in [0.15, 0.2) is 30.5 Å². The number of aryl methyl sites for hydroxylation is 2. The number of hydrogen-bond donors (Lipinski definition) is 1. The number of anilines is 1. The van der Waals surface area contributed by atoms with Crippen LogP contribution in [-0.4, -0.2) is 29.6 Å². The highest BCUT2D eigenvalue weighted by Crippen LogP contribution is 2.22. The van der Waals surface area contributed by atoms with Gasteiger partial charge < -0.3 is 14.8 Å². The van der Waals surface area contributed by atoms with Crippen molar-refractivity contribution in [2.75, 3.05) is 11.9 Å². The quantitative estimate of drug-likeness (QED) is 0.747. The number of aromatic nitrogens is 1. The van der Waals surface area contributed by atoms with E-state index in [1.54, 1.807) is 0 Å². The lowest BCUT2D eigenvalue weighted by Gasteiger charge is -2.14. The molecule has 0 radical (unpaired) electrons. The molecule has 0 spiro atoms. The SMILES string of the molecule is Cc1cc(C)cc(OCC(=O)O[C@H](C)C(=O)Nc2ncc(Cl)cc2Cl)c1. The Bertz CT molecular complexity index is 807. The van der Waals surface area contributed by atoms with Crippen molar-refractivity contribution in [2.45, 2.75) is 26.9 Å². The maximum absolute atomic E-state index is 12.1. The summed E-state index contributed by atoms with van der Waals surface area (Å²) in [5.74, 6) is -0.535. The maximum atomic E-state index is 12.1. The number of rotatable bonds is 6. The molecule has 6 nitrogen and oxygen atoms in total. The number of ether oxygens (including phenoxy) is 2. The second-order valence-corrected chi connectivity index (χ2v) is 6.56. The van der Waals surface area contributed by atoms with E-state index in [0.717, 1.165) is 11.1 Å². The molecular formula is C18H18Cl2N2O4. The second kappa shape index (κ2) is 8.87. The first-order chi connectivity index (χ1) is 12.2. The lowest BCUT2D eigenvalue weighted by atomic mass is 10.1. The van der Waals surface area contributed by atoms with Gasteiger partial charge in [0.2, 0.25) is 0 Å². The molecule has 2 rings (SSSR count). The van der Waals surface area contributed by atoms with E-state index in [1.807, 2.05) is 32.0 Å². The van der Waals surface area contributed by atoms with Crippen LogP contribution in [0.3, 0.4) is 0 Å². The maximum Gasteiger partial charge on any atom is 0.344 e. The first kappa shape index (κ1) is 20.0. The van der Waals surface area contributed by atoms with Crippen LogP contribution in [0.4, 0.5) is 5.82 Å². The molecule has 0 saturated heterocycles. The summed E-state index contributed by atoms with van der Waals surface area (Å²) in [5.41, 5.74) is 2.04. The predicted octanol–water partition coefficient (Wildman–Crippen LogP) is 3.95. The number of benzene rings is 1. The van der Waals surface area contributed by atoms with Crippen molar-refractivity contribution < 1.29 is 19.1 Å². The molecule has 1 aromatic carbocycles. The van der Waals surface area contributed by atoms with Crippen molar-refractivity contribution in [3.8, 4) is 5.75 Å². The Morgan fingerprint density at radius 3 is 2.42 bits per heavy atom. The molecule has 26 heavy (non-hydrogen) atoms. The largest absolute Gasteiger partial charge is 0.482 e. The molecule has 0 fully saturated rings. The molecule has 0 aliphatic heterocycles. The molecule has 1 aromatic heterocycles. The summed E-state index contributed by atoms with van der Waals surface area (Å²) < 4.78 is 10.5. The summed E-state index contributed by atoms with van der Waals surface area (Å²) in [4.78, 5) is 27.9.